The van der Waals surface area contributed by atoms with Gasteiger partial charge in [-0.25, -0.2) is 8.42 Å². The predicted octanol–water partition coefficient (Wildman–Crippen LogP) is -0.175. The lowest BCUT2D eigenvalue weighted by Crippen LogP contribution is -2.11. The van der Waals surface area contributed by atoms with Crippen LogP contribution in [-0.2, 0) is 9.84 Å². The lowest BCUT2D eigenvalue weighted by atomic mass is 10.3. The van der Waals surface area contributed by atoms with Gasteiger partial charge in [0.2, 0.25) is 0 Å². The number of hydrogen-bond acceptors (Lipinski definition) is 4. The zero-order valence-corrected chi connectivity index (χ0v) is 7.87. The third-order valence-electron chi connectivity index (χ3n) is 2.21. The van der Waals surface area contributed by atoms with E-state index in [-0.39, 0.29) is 17.5 Å². The first-order valence-corrected chi connectivity index (χ1v) is 5.90. The summed E-state index contributed by atoms with van der Waals surface area (Å²) in [7, 11) is -2.84. The molecule has 1 unspecified atom stereocenters. The smallest absolute Gasteiger partial charge is 0.152 e. The maximum absolute atomic E-state index is 11.1. The SMILES string of the molecule is Nc1ccn(C2CCS(=O)(=O)C2)n1. The van der Waals surface area contributed by atoms with Crippen LogP contribution in [-0.4, -0.2) is 29.7 Å². The Kier molecular flexibility index (Phi) is 1.80. The van der Waals surface area contributed by atoms with E-state index in [1.54, 1.807) is 16.9 Å². The Hall–Kier alpha value is -1.04. The Balaban J connectivity index is 2.21. The summed E-state index contributed by atoms with van der Waals surface area (Å²) in [6.45, 7) is 0. The Bertz CT molecular complexity index is 409. The summed E-state index contributed by atoms with van der Waals surface area (Å²) in [6, 6.07) is 1.65. The van der Waals surface area contributed by atoms with Crippen molar-refractivity contribution in [3.8, 4) is 0 Å². The molecule has 1 atom stereocenters. The van der Waals surface area contributed by atoms with Crippen molar-refractivity contribution >= 4 is 15.7 Å². The molecule has 1 aromatic heterocycles. The molecule has 2 heterocycles. The largest absolute Gasteiger partial charge is 0.382 e. The van der Waals surface area contributed by atoms with Gasteiger partial charge in [-0.2, -0.15) is 5.10 Å². The lowest BCUT2D eigenvalue weighted by Gasteiger charge is -2.06. The predicted molar refractivity (Wildman–Crippen MR) is 48.9 cm³/mol. The maximum atomic E-state index is 11.1. The Morgan fingerprint density at radius 3 is 2.85 bits per heavy atom. The highest BCUT2D eigenvalue weighted by Crippen LogP contribution is 2.22. The van der Waals surface area contributed by atoms with Crippen molar-refractivity contribution in [3.05, 3.63) is 12.3 Å². The molecule has 0 aliphatic carbocycles. The molecule has 0 radical (unpaired) electrons. The van der Waals surface area contributed by atoms with Gasteiger partial charge in [-0.05, 0) is 12.5 Å². The summed E-state index contributed by atoms with van der Waals surface area (Å²) in [5.41, 5.74) is 5.43. The number of nitrogen functional groups attached to an aromatic ring is 1. The van der Waals surface area contributed by atoms with Crippen LogP contribution < -0.4 is 5.73 Å². The fraction of sp³-hybridized carbons (Fsp3) is 0.571. The van der Waals surface area contributed by atoms with Gasteiger partial charge < -0.3 is 5.73 Å². The fourth-order valence-corrected chi connectivity index (χ4v) is 3.24. The van der Waals surface area contributed by atoms with Gasteiger partial charge in [-0.3, -0.25) is 4.68 Å². The lowest BCUT2D eigenvalue weighted by molar-refractivity contribution is 0.501. The Morgan fingerprint density at radius 2 is 2.38 bits per heavy atom. The van der Waals surface area contributed by atoms with Crippen LogP contribution in [0.5, 0.6) is 0 Å². The number of nitrogens with two attached hydrogens (primary N) is 1. The molecule has 2 N–H and O–H groups in total. The summed E-state index contributed by atoms with van der Waals surface area (Å²) < 4.78 is 23.9. The van der Waals surface area contributed by atoms with Crippen molar-refractivity contribution in [2.45, 2.75) is 12.5 Å². The van der Waals surface area contributed by atoms with Gasteiger partial charge in [0.05, 0.1) is 17.5 Å². The van der Waals surface area contributed by atoms with Crippen LogP contribution in [0, 0.1) is 0 Å². The molecule has 1 saturated heterocycles. The summed E-state index contributed by atoms with van der Waals surface area (Å²) in [5.74, 6) is 0.884. The molecular formula is C7H11N3O2S. The van der Waals surface area contributed by atoms with E-state index in [0.29, 0.717) is 12.2 Å². The minimum absolute atomic E-state index is 0.0256. The number of hydrogen-bond donors (Lipinski definition) is 1. The molecule has 0 amide bonds. The van der Waals surface area contributed by atoms with Gasteiger partial charge in [0.1, 0.15) is 5.82 Å². The van der Waals surface area contributed by atoms with Crippen molar-refractivity contribution < 1.29 is 8.42 Å². The van der Waals surface area contributed by atoms with E-state index in [9.17, 15) is 8.42 Å². The number of nitrogens with zero attached hydrogens (tertiary/aromatic N) is 2. The molecule has 0 bridgehead atoms. The highest BCUT2D eigenvalue weighted by Gasteiger charge is 2.29. The van der Waals surface area contributed by atoms with E-state index >= 15 is 0 Å². The molecule has 6 heteroatoms. The van der Waals surface area contributed by atoms with E-state index in [1.807, 2.05) is 0 Å². The summed E-state index contributed by atoms with van der Waals surface area (Å²) >= 11 is 0. The molecule has 1 aliphatic rings. The molecule has 1 fully saturated rings. The summed E-state index contributed by atoms with van der Waals surface area (Å²) in [5, 5.41) is 3.99. The second kappa shape index (κ2) is 2.73. The van der Waals surface area contributed by atoms with Crippen LogP contribution in [0.15, 0.2) is 12.3 Å². The monoisotopic (exact) mass is 201 g/mol. The first-order chi connectivity index (χ1) is 6.07. The van der Waals surface area contributed by atoms with Crippen LogP contribution in [0.3, 0.4) is 0 Å². The molecule has 13 heavy (non-hydrogen) atoms. The van der Waals surface area contributed by atoms with Gasteiger partial charge in [0, 0.05) is 6.20 Å². The number of aromatic nitrogens is 2. The first kappa shape index (κ1) is 8.55. The fourth-order valence-electron chi connectivity index (χ4n) is 1.54. The second-order valence-corrected chi connectivity index (χ2v) is 5.51. The first-order valence-electron chi connectivity index (χ1n) is 4.08. The van der Waals surface area contributed by atoms with Crippen LogP contribution >= 0.6 is 0 Å². The van der Waals surface area contributed by atoms with Gasteiger partial charge in [0.25, 0.3) is 0 Å². The summed E-state index contributed by atoms with van der Waals surface area (Å²) in [4.78, 5) is 0. The molecule has 1 aromatic rings. The van der Waals surface area contributed by atoms with Crippen molar-refractivity contribution in [2.24, 2.45) is 0 Å². The van der Waals surface area contributed by atoms with Crippen molar-refractivity contribution in [1.29, 1.82) is 0 Å². The zero-order valence-electron chi connectivity index (χ0n) is 7.05. The second-order valence-electron chi connectivity index (χ2n) is 3.28. The van der Waals surface area contributed by atoms with Crippen LogP contribution in [0.2, 0.25) is 0 Å². The van der Waals surface area contributed by atoms with Gasteiger partial charge in [-0.1, -0.05) is 0 Å². The average Bonchev–Trinajstić information content (AvgIpc) is 2.56. The van der Waals surface area contributed by atoms with E-state index in [0.717, 1.165) is 0 Å². The topological polar surface area (TPSA) is 78.0 Å². The molecular weight excluding hydrogens is 190 g/mol. The quantitative estimate of drug-likeness (QED) is 0.684. The Morgan fingerprint density at radius 1 is 1.62 bits per heavy atom. The molecule has 0 saturated carbocycles. The number of sulfone groups is 1. The van der Waals surface area contributed by atoms with E-state index in [2.05, 4.69) is 5.10 Å². The third-order valence-corrected chi connectivity index (χ3v) is 3.96. The number of anilines is 1. The van der Waals surface area contributed by atoms with Crippen molar-refractivity contribution in [1.82, 2.24) is 9.78 Å². The molecule has 5 nitrogen and oxygen atoms in total. The minimum atomic E-state index is -2.84. The number of rotatable bonds is 1. The van der Waals surface area contributed by atoms with E-state index in [1.165, 1.54) is 0 Å². The summed E-state index contributed by atoms with van der Waals surface area (Å²) in [6.07, 6.45) is 2.37. The molecule has 0 spiro atoms. The Labute approximate surface area is 76.5 Å². The molecule has 2 rings (SSSR count). The highest BCUT2D eigenvalue weighted by molar-refractivity contribution is 7.91. The van der Waals surface area contributed by atoms with Crippen molar-refractivity contribution in [2.75, 3.05) is 17.2 Å². The van der Waals surface area contributed by atoms with Crippen molar-refractivity contribution in [3.63, 3.8) is 0 Å². The molecule has 0 aromatic carbocycles. The van der Waals surface area contributed by atoms with Gasteiger partial charge in [0.15, 0.2) is 9.84 Å². The minimum Gasteiger partial charge on any atom is -0.382 e. The van der Waals surface area contributed by atoms with Gasteiger partial charge >= 0.3 is 0 Å². The van der Waals surface area contributed by atoms with E-state index in [4.69, 9.17) is 5.73 Å². The zero-order chi connectivity index (χ0) is 9.47. The van der Waals surface area contributed by atoms with Crippen LogP contribution in [0.1, 0.15) is 12.5 Å². The highest BCUT2D eigenvalue weighted by atomic mass is 32.2. The third kappa shape index (κ3) is 1.67. The normalized spacial score (nSPS) is 26.3. The van der Waals surface area contributed by atoms with Crippen LogP contribution in [0.4, 0.5) is 5.82 Å². The standard InChI is InChI=1S/C7H11N3O2S/c8-7-1-3-10(9-7)6-2-4-13(11,12)5-6/h1,3,6H,2,4-5H2,(H2,8,9). The average molecular weight is 201 g/mol. The van der Waals surface area contributed by atoms with Gasteiger partial charge in [-0.15, -0.1) is 0 Å². The van der Waals surface area contributed by atoms with E-state index < -0.39 is 9.84 Å². The maximum Gasteiger partial charge on any atom is 0.152 e. The molecule has 1 aliphatic heterocycles. The van der Waals surface area contributed by atoms with Crippen LogP contribution in [0.25, 0.3) is 0 Å². The molecule has 72 valence electrons.